The van der Waals surface area contributed by atoms with Gasteiger partial charge in [-0.2, -0.15) is 0 Å². The number of guanidine groups is 3. The lowest BCUT2D eigenvalue weighted by Gasteiger charge is -2.33. The molecule has 12 atom stereocenters. The van der Waals surface area contributed by atoms with Crippen LogP contribution < -0.4 is 111 Å². The number of benzene rings is 1. The van der Waals surface area contributed by atoms with Crippen LogP contribution in [0, 0.1) is 17.8 Å². The first-order chi connectivity index (χ1) is 53.9. The zero-order chi connectivity index (χ0) is 83.8. The number of nitrogens with two attached hydrogens (primary N) is 10. The molecule has 0 radical (unpaired) electrons. The molecule has 0 spiro atoms. The Morgan fingerprint density at radius 2 is 0.956 bits per heavy atom. The van der Waals surface area contributed by atoms with Crippen molar-refractivity contribution in [1.29, 1.82) is 0 Å². The summed E-state index contributed by atoms with van der Waals surface area (Å²) in [6.07, 6.45) is 16.8. The van der Waals surface area contributed by atoms with E-state index >= 15 is 4.79 Å². The monoisotopic (exact) mass is 1590 g/mol. The van der Waals surface area contributed by atoms with E-state index in [0.29, 0.717) is 49.1 Å². The van der Waals surface area contributed by atoms with Crippen molar-refractivity contribution in [3.63, 3.8) is 0 Å². The van der Waals surface area contributed by atoms with Crippen molar-refractivity contribution in [2.45, 2.75) is 294 Å². The first kappa shape index (κ1) is 97.9. The number of fused-ring (bicyclic) bond motifs is 1. The number of nitrogens with one attached hydrogen (secondary N) is 11. The molecule has 1 aliphatic carbocycles. The average Bonchev–Trinajstić information content (AvgIpc) is 1.70. The summed E-state index contributed by atoms with van der Waals surface area (Å²) in [5.74, 6) is -10.0. The highest BCUT2D eigenvalue weighted by Crippen LogP contribution is 2.29. The number of carbonyl (C=O) groups is 11. The topological polar surface area (TPSA) is 641 Å². The van der Waals surface area contributed by atoms with Gasteiger partial charge in [0.2, 0.25) is 59.1 Å². The van der Waals surface area contributed by atoms with E-state index in [-0.39, 0.29) is 115 Å². The summed E-state index contributed by atoms with van der Waals surface area (Å²) in [6, 6.07) is -5.13. The van der Waals surface area contributed by atoms with Gasteiger partial charge in [0.15, 0.2) is 23.7 Å². The number of nitrogens with zero attached hydrogens (tertiary/aromatic N) is 3. The number of hydrogen-bond donors (Lipinski definition) is 22. The summed E-state index contributed by atoms with van der Waals surface area (Å²) in [6.45, 7) is 9.56. The molecule has 1 heterocycles. The largest absolute Gasteiger partial charge is 0.377 e. The maximum Gasteiger partial charge on any atom is 0.243 e. The first-order valence-electron chi connectivity index (χ1n) is 40.7. The number of aromatic nitrogens is 1. The molecule has 1 aliphatic rings. The third kappa shape index (κ3) is 39.9. The third-order valence-electron chi connectivity index (χ3n) is 20.4. The Hall–Kier alpha value is -9.26. The fraction of sp³-hybridized carbons (Fsp3) is 0.714. The number of H-pyrrole nitrogens is 1. The number of aliphatic hydroxyl groups is 1. The Kier molecular flexibility index (Phi) is 47.9. The number of aromatic amines is 1. The third-order valence-corrected chi connectivity index (χ3v) is 20.4. The lowest BCUT2D eigenvalue weighted by molar-refractivity contribution is -0.135. The molecule has 3 rings (SSSR count). The molecule has 36 heteroatoms. The Labute approximate surface area is 666 Å². The lowest BCUT2D eigenvalue weighted by Crippen LogP contribution is -2.60. The SMILES string of the molecule is CCCCCCCCCCCNC(CC1CCCCC1)C(O)N[C@@H](CCC(N)=O)C(=O)N[C@@H](Cc1c[nH]c2ccccc12)C(=O)N[C@@H](CCC(N)=O)C(=O)N[C@@H](CCCN=C(N)N)C(=O)CN[C@H](C(=O)N[C@@H](CCCN=C(N)N)C(=O)N[C@@H](CCCCN)C(=O)N[C@H](C(=O)N[C@@H](CCCN=C(N)N)C(N)=O)C(C)C)[C@@H](C)CC. The van der Waals surface area contributed by atoms with Crippen LogP contribution in [-0.4, -0.2) is 199 Å². The van der Waals surface area contributed by atoms with Gasteiger partial charge in [0.25, 0.3) is 0 Å². The van der Waals surface area contributed by atoms with Crippen molar-refractivity contribution in [3.05, 3.63) is 36.0 Å². The second-order valence-corrected chi connectivity index (χ2v) is 30.2. The van der Waals surface area contributed by atoms with E-state index in [0.717, 1.165) is 63.3 Å². The molecular formula is C77H138N24O12. The number of unbranched alkanes of at least 4 members (excludes halogenated alkanes) is 9. The quantitative estimate of drug-likeness (QED) is 0.0170. The molecule has 36 nitrogen and oxygen atoms in total. The standard InChI is InChI=1S/C77H138N24O12/c1-6-8-9-10-11-12-13-14-22-39-88-59(43-49-26-16-15-17-27-49)71(110)97-58(35-37-63(80)104)69(108)100-60(44-50-45-92-52-29-19-18-28-51(50)52)72(111)98-57(34-36-62(79)103)68(107)94-53(31-23-40-89-75(82)83)61(102)46-93-65(48(5)7-2)74(113)99-56(33-25-42-91-77(86)87)67(106)96-55(30-20-21-38-78)70(109)101-64(47(3)4)73(112)95-54(66(81)105)32-24-41-90-76(84)85/h18-19,28-29,45,47-49,53-60,64-65,71,88,92-93,97,110H,6-17,20-27,30-44,46,78H2,1-5H3,(H2,79,103)(H2,80,104)(H2,81,105)(H,94,107)(H,95,112)(H,96,106)(H,98,111)(H,99,113)(H,100,108)(H,101,109)(H4,82,83,89)(H4,84,85,90)(H4,86,87,91)/t48-,53-,54-,55-,56-,57-,58-,59?,60-,64-,65-,71?/m0/s1. The van der Waals surface area contributed by atoms with Crippen LogP contribution >= 0.6 is 0 Å². The van der Waals surface area contributed by atoms with Crippen LogP contribution in [0.2, 0.25) is 0 Å². The smallest absolute Gasteiger partial charge is 0.243 e. The fourth-order valence-electron chi connectivity index (χ4n) is 13.7. The average molecular weight is 1590 g/mol. The van der Waals surface area contributed by atoms with Gasteiger partial charge in [-0.05, 0) is 126 Å². The predicted octanol–water partition coefficient (Wildman–Crippen LogP) is -0.624. The van der Waals surface area contributed by atoms with Gasteiger partial charge in [-0.25, -0.2) is 0 Å². The van der Waals surface area contributed by atoms with E-state index in [1.54, 1.807) is 40.0 Å². The molecule has 10 amide bonds. The van der Waals surface area contributed by atoms with Gasteiger partial charge in [0.05, 0.1) is 24.7 Å². The lowest BCUT2D eigenvalue weighted by atomic mass is 9.84. The van der Waals surface area contributed by atoms with E-state index < -0.39 is 156 Å². The molecule has 1 fully saturated rings. The van der Waals surface area contributed by atoms with Gasteiger partial charge in [-0.3, -0.25) is 78.4 Å². The summed E-state index contributed by atoms with van der Waals surface area (Å²) < 4.78 is 0. The van der Waals surface area contributed by atoms with Crippen molar-refractivity contribution in [3.8, 4) is 0 Å². The normalized spacial score (nSPS) is 15.5. The van der Waals surface area contributed by atoms with Crippen LogP contribution in [0.4, 0.5) is 0 Å². The molecule has 32 N–H and O–H groups in total. The van der Waals surface area contributed by atoms with Crippen molar-refractivity contribution in [1.82, 2.24) is 58.2 Å². The Morgan fingerprint density at radius 3 is 1.50 bits per heavy atom. The molecule has 2 aromatic rings. The Balaban J connectivity index is 2.01. The van der Waals surface area contributed by atoms with E-state index in [1.165, 1.54) is 32.1 Å². The van der Waals surface area contributed by atoms with Gasteiger partial charge >= 0.3 is 0 Å². The Morgan fingerprint density at radius 1 is 0.496 bits per heavy atom. The maximum atomic E-state index is 15.1. The molecule has 1 saturated carbocycles. The number of aliphatic hydroxyl groups excluding tert-OH is 1. The van der Waals surface area contributed by atoms with Crippen LogP contribution in [0.15, 0.2) is 45.4 Å². The van der Waals surface area contributed by atoms with Crippen molar-refractivity contribution < 1.29 is 57.8 Å². The minimum Gasteiger partial charge on any atom is -0.377 e. The molecule has 1 aromatic heterocycles. The number of primary amides is 3. The van der Waals surface area contributed by atoms with Gasteiger partial charge in [-0.15, -0.1) is 0 Å². The van der Waals surface area contributed by atoms with Gasteiger partial charge in [0, 0.05) is 62.0 Å². The first-order valence-corrected chi connectivity index (χ1v) is 40.7. The van der Waals surface area contributed by atoms with E-state index in [2.05, 4.69) is 80.1 Å². The molecule has 1 aromatic carbocycles. The summed E-state index contributed by atoms with van der Waals surface area (Å²) in [5.41, 5.74) is 57.6. The summed E-state index contributed by atoms with van der Waals surface area (Å²) in [7, 11) is 0. The highest BCUT2D eigenvalue weighted by Gasteiger charge is 2.38. The minimum atomic E-state index is -1.59. The van der Waals surface area contributed by atoms with Gasteiger partial charge in [-0.1, -0.05) is 143 Å². The van der Waals surface area contributed by atoms with Gasteiger partial charge < -0.3 is 110 Å². The van der Waals surface area contributed by atoms with Crippen LogP contribution in [0.25, 0.3) is 10.9 Å². The molecule has 638 valence electrons. The van der Waals surface area contributed by atoms with Crippen molar-refractivity contribution in [2.24, 2.45) is 90.1 Å². The minimum absolute atomic E-state index is 0.00454. The number of para-hydroxylation sites is 1. The van der Waals surface area contributed by atoms with Crippen LogP contribution in [0.1, 0.15) is 226 Å². The highest BCUT2D eigenvalue weighted by molar-refractivity contribution is 5.98. The molecular weight excluding hydrogens is 1450 g/mol. The maximum absolute atomic E-state index is 15.1. The number of hydrogen-bond acceptors (Lipinski definition) is 19. The number of Topliss-reactive ketones (excluding diaryl/α,β-unsaturated/α-hetero) is 1. The summed E-state index contributed by atoms with van der Waals surface area (Å²) in [4.78, 5) is 170. The zero-order valence-electron chi connectivity index (χ0n) is 67.5. The molecule has 0 aliphatic heterocycles. The number of ketones is 1. The molecule has 2 unspecified atom stereocenters. The van der Waals surface area contributed by atoms with Crippen LogP contribution in [0.5, 0.6) is 0 Å². The summed E-state index contributed by atoms with van der Waals surface area (Å²) >= 11 is 0. The number of aliphatic imine (C=N–C) groups is 3. The number of rotatable bonds is 62. The second-order valence-electron chi connectivity index (χ2n) is 30.2. The van der Waals surface area contributed by atoms with Crippen molar-refractivity contribution >= 4 is 93.6 Å². The van der Waals surface area contributed by atoms with E-state index in [9.17, 15) is 53.1 Å². The zero-order valence-corrected chi connectivity index (χ0v) is 67.5. The van der Waals surface area contributed by atoms with Crippen molar-refractivity contribution in [2.75, 3.05) is 39.3 Å². The molecule has 113 heavy (non-hydrogen) atoms. The number of carbonyl (C=O) groups excluding carboxylic acids is 11. The van der Waals surface area contributed by atoms with E-state index in [4.69, 9.17) is 57.3 Å². The number of amides is 10. The Bertz CT molecular complexity index is 3340. The van der Waals surface area contributed by atoms with E-state index in [1.807, 2.05) is 18.2 Å². The van der Waals surface area contributed by atoms with Crippen LogP contribution in [-0.2, 0) is 59.2 Å². The summed E-state index contributed by atoms with van der Waals surface area (Å²) in [5, 5.41) is 41.8. The van der Waals surface area contributed by atoms with Gasteiger partial charge in [0.1, 0.15) is 42.5 Å². The highest BCUT2D eigenvalue weighted by atomic mass is 16.3. The predicted molar refractivity (Wildman–Crippen MR) is 438 cm³/mol. The molecule has 0 bridgehead atoms. The second kappa shape index (κ2) is 55.2. The van der Waals surface area contributed by atoms with Crippen LogP contribution in [0.3, 0.4) is 0 Å². The fourth-order valence-corrected chi connectivity index (χ4v) is 13.7. The molecule has 0 saturated heterocycles.